The molecule has 0 aliphatic heterocycles. The van der Waals surface area contributed by atoms with Gasteiger partial charge in [0.1, 0.15) is 0 Å². The number of hydrazine groups is 1. The Hall–Kier alpha value is -0.980. The van der Waals surface area contributed by atoms with Crippen molar-refractivity contribution in [2.45, 2.75) is 12.5 Å². The van der Waals surface area contributed by atoms with E-state index in [4.69, 9.17) is 5.84 Å². The quantitative estimate of drug-likeness (QED) is 0.511. The fourth-order valence-corrected chi connectivity index (χ4v) is 2.08. The molecular formula is C13H14IN3. The first kappa shape index (κ1) is 12.5. The van der Waals surface area contributed by atoms with Gasteiger partial charge in [-0.1, -0.05) is 12.1 Å². The third-order valence-electron chi connectivity index (χ3n) is 2.66. The molecule has 3 N–H and O–H groups in total. The molecule has 0 aliphatic carbocycles. The van der Waals surface area contributed by atoms with Gasteiger partial charge in [-0.3, -0.25) is 16.3 Å². The van der Waals surface area contributed by atoms with Crippen molar-refractivity contribution in [1.82, 2.24) is 10.4 Å². The van der Waals surface area contributed by atoms with Gasteiger partial charge in [0, 0.05) is 22.0 Å². The second-order valence-corrected chi connectivity index (χ2v) is 5.08. The zero-order valence-electron chi connectivity index (χ0n) is 9.31. The number of pyridine rings is 1. The van der Waals surface area contributed by atoms with Crippen LogP contribution in [-0.2, 0) is 6.42 Å². The van der Waals surface area contributed by atoms with Crippen LogP contribution in [0.1, 0.15) is 17.2 Å². The molecule has 88 valence electrons. The smallest absolute Gasteiger partial charge is 0.0500 e. The van der Waals surface area contributed by atoms with Gasteiger partial charge in [-0.2, -0.15) is 0 Å². The second kappa shape index (κ2) is 6.09. The van der Waals surface area contributed by atoms with Crippen LogP contribution in [-0.4, -0.2) is 4.98 Å². The van der Waals surface area contributed by atoms with Crippen molar-refractivity contribution in [3.8, 4) is 0 Å². The minimum atomic E-state index is 0.134. The van der Waals surface area contributed by atoms with Gasteiger partial charge >= 0.3 is 0 Å². The molecule has 1 unspecified atom stereocenters. The van der Waals surface area contributed by atoms with E-state index < -0.39 is 0 Å². The molecule has 0 fully saturated rings. The zero-order valence-corrected chi connectivity index (χ0v) is 11.5. The molecule has 4 heteroatoms. The summed E-state index contributed by atoms with van der Waals surface area (Å²) in [5.41, 5.74) is 5.29. The molecule has 1 heterocycles. The van der Waals surface area contributed by atoms with Crippen molar-refractivity contribution in [3.63, 3.8) is 0 Å². The summed E-state index contributed by atoms with van der Waals surface area (Å²) >= 11 is 2.30. The third-order valence-corrected chi connectivity index (χ3v) is 3.38. The highest BCUT2D eigenvalue weighted by molar-refractivity contribution is 14.1. The van der Waals surface area contributed by atoms with Crippen LogP contribution in [0, 0.1) is 3.57 Å². The molecule has 2 aromatic rings. The van der Waals surface area contributed by atoms with Crippen LogP contribution in [0.15, 0.2) is 48.8 Å². The Kier molecular flexibility index (Phi) is 4.47. The molecule has 0 radical (unpaired) electrons. The first-order valence-electron chi connectivity index (χ1n) is 5.40. The third kappa shape index (κ3) is 3.49. The van der Waals surface area contributed by atoms with Crippen LogP contribution < -0.4 is 11.3 Å². The van der Waals surface area contributed by atoms with E-state index in [2.05, 4.69) is 57.3 Å². The molecule has 0 saturated carbocycles. The van der Waals surface area contributed by atoms with Gasteiger partial charge in [-0.25, -0.2) is 0 Å². The lowest BCUT2D eigenvalue weighted by molar-refractivity contribution is 0.551. The van der Waals surface area contributed by atoms with Gasteiger partial charge in [0.15, 0.2) is 0 Å². The number of nitrogens with two attached hydrogens (primary N) is 1. The fraction of sp³-hybridized carbons (Fsp3) is 0.154. The molecule has 17 heavy (non-hydrogen) atoms. The van der Waals surface area contributed by atoms with Crippen LogP contribution in [0.25, 0.3) is 0 Å². The molecule has 1 aromatic heterocycles. The monoisotopic (exact) mass is 339 g/mol. The van der Waals surface area contributed by atoms with E-state index in [0.29, 0.717) is 0 Å². The van der Waals surface area contributed by atoms with E-state index in [1.54, 1.807) is 12.4 Å². The van der Waals surface area contributed by atoms with Crippen molar-refractivity contribution in [1.29, 1.82) is 0 Å². The maximum Gasteiger partial charge on any atom is 0.0500 e. The van der Waals surface area contributed by atoms with Gasteiger partial charge in [-0.15, -0.1) is 0 Å². The van der Waals surface area contributed by atoms with Crippen LogP contribution in [0.4, 0.5) is 0 Å². The minimum Gasteiger partial charge on any atom is -0.271 e. The summed E-state index contributed by atoms with van der Waals surface area (Å²) in [6.07, 6.45) is 4.47. The average molecular weight is 339 g/mol. The first-order valence-corrected chi connectivity index (χ1v) is 6.48. The van der Waals surface area contributed by atoms with E-state index in [0.717, 1.165) is 6.42 Å². The molecule has 3 nitrogen and oxygen atoms in total. The summed E-state index contributed by atoms with van der Waals surface area (Å²) < 4.78 is 1.23. The Labute approximate surface area is 115 Å². The summed E-state index contributed by atoms with van der Waals surface area (Å²) in [6, 6.07) is 12.5. The Morgan fingerprint density at radius 3 is 2.35 bits per heavy atom. The highest BCUT2D eigenvalue weighted by Gasteiger charge is 2.09. The molecule has 0 aliphatic rings. The van der Waals surface area contributed by atoms with Gasteiger partial charge in [-0.05, 0) is 64.4 Å². The predicted octanol–water partition coefficient (Wildman–Crippen LogP) is 2.43. The largest absolute Gasteiger partial charge is 0.271 e. The fourth-order valence-electron chi connectivity index (χ4n) is 1.72. The average Bonchev–Trinajstić information content (AvgIpc) is 2.38. The number of aromatic nitrogens is 1. The van der Waals surface area contributed by atoms with Gasteiger partial charge in [0.05, 0.1) is 0 Å². The number of nitrogens with one attached hydrogen (secondary N) is 1. The number of halogens is 1. The van der Waals surface area contributed by atoms with Crippen molar-refractivity contribution in [3.05, 3.63) is 63.5 Å². The lowest BCUT2D eigenvalue weighted by atomic mass is 10.0. The summed E-state index contributed by atoms with van der Waals surface area (Å²) in [6.45, 7) is 0. The summed E-state index contributed by atoms with van der Waals surface area (Å²) in [5.74, 6) is 5.62. The number of rotatable bonds is 4. The van der Waals surface area contributed by atoms with Gasteiger partial charge < -0.3 is 0 Å². The van der Waals surface area contributed by atoms with Crippen LogP contribution in [0.5, 0.6) is 0 Å². The number of hydrogen-bond donors (Lipinski definition) is 2. The Morgan fingerprint density at radius 2 is 1.76 bits per heavy atom. The Morgan fingerprint density at radius 1 is 1.12 bits per heavy atom. The molecule has 2 rings (SSSR count). The summed E-state index contributed by atoms with van der Waals surface area (Å²) in [5, 5.41) is 0. The van der Waals surface area contributed by atoms with Crippen molar-refractivity contribution in [2.75, 3.05) is 0 Å². The molecular weight excluding hydrogens is 325 g/mol. The Balaban J connectivity index is 2.14. The normalized spacial score (nSPS) is 12.4. The van der Waals surface area contributed by atoms with Gasteiger partial charge in [0.25, 0.3) is 0 Å². The molecule has 1 atom stereocenters. The van der Waals surface area contributed by atoms with Crippen LogP contribution in [0.2, 0.25) is 0 Å². The number of benzene rings is 1. The zero-order chi connectivity index (χ0) is 12.1. The molecule has 0 spiro atoms. The van der Waals surface area contributed by atoms with Crippen molar-refractivity contribution in [2.24, 2.45) is 5.84 Å². The highest BCUT2D eigenvalue weighted by atomic mass is 127. The van der Waals surface area contributed by atoms with E-state index in [-0.39, 0.29) is 6.04 Å². The second-order valence-electron chi connectivity index (χ2n) is 3.83. The summed E-state index contributed by atoms with van der Waals surface area (Å²) in [4.78, 5) is 4.01. The van der Waals surface area contributed by atoms with Crippen molar-refractivity contribution < 1.29 is 0 Å². The maximum absolute atomic E-state index is 5.62. The topological polar surface area (TPSA) is 50.9 Å². The van der Waals surface area contributed by atoms with E-state index in [1.807, 2.05) is 12.1 Å². The maximum atomic E-state index is 5.62. The van der Waals surface area contributed by atoms with E-state index in [1.165, 1.54) is 14.7 Å². The standard InChI is InChI=1S/C13H14IN3/c14-12-3-1-11(2-4-12)13(17-15)9-10-5-7-16-8-6-10/h1-8,13,17H,9,15H2. The van der Waals surface area contributed by atoms with Crippen molar-refractivity contribution >= 4 is 22.6 Å². The Bertz CT molecular complexity index is 456. The SMILES string of the molecule is NNC(Cc1ccncc1)c1ccc(I)cc1. The minimum absolute atomic E-state index is 0.134. The first-order chi connectivity index (χ1) is 8.29. The lowest BCUT2D eigenvalue weighted by Crippen LogP contribution is -2.29. The van der Waals surface area contributed by atoms with Gasteiger partial charge in [0.2, 0.25) is 0 Å². The molecule has 0 saturated heterocycles. The van der Waals surface area contributed by atoms with E-state index >= 15 is 0 Å². The van der Waals surface area contributed by atoms with E-state index in [9.17, 15) is 0 Å². The molecule has 1 aromatic carbocycles. The predicted molar refractivity (Wildman–Crippen MR) is 77.2 cm³/mol. The van der Waals surface area contributed by atoms with Crippen LogP contribution >= 0.6 is 22.6 Å². The molecule has 0 bridgehead atoms. The van der Waals surface area contributed by atoms with Crippen LogP contribution in [0.3, 0.4) is 0 Å². The summed E-state index contributed by atoms with van der Waals surface area (Å²) in [7, 11) is 0. The lowest BCUT2D eigenvalue weighted by Gasteiger charge is -2.16. The number of hydrogen-bond acceptors (Lipinski definition) is 3. The number of nitrogens with zero attached hydrogens (tertiary/aromatic N) is 1. The molecule has 0 amide bonds. The highest BCUT2D eigenvalue weighted by Crippen LogP contribution is 2.18.